The SMILES string of the molecule is Cc1cc([N+](=O)[O-])nn1C(C)C(=O)NC(C)C. The van der Waals surface area contributed by atoms with Crippen LogP contribution in [0.25, 0.3) is 0 Å². The third kappa shape index (κ3) is 3.02. The minimum atomic E-state index is -0.573. The number of nitrogens with one attached hydrogen (secondary N) is 1. The summed E-state index contributed by atoms with van der Waals surface area (Å²) in [6.45, 7) is 7.03. The van der Waals surface area contributed by atoms with E-state index in [1.807, 2.05) is 13.8 Å². The molecule has 1 unspecified atom stereocenters. The largest absolute Gasteiger partial charge is 0.390 e. The van der Waals surface area contributed by atoms with Gasteiger partial charge < -0.3 is 15.4 Å². The highest BCUT2D eigenvalue weighted by Gasteiger charge is 2.24. The second-order valence-electron chi connectivity index (χ2n) is 4.18. The van der Waals surface area contributed by atoms with Gasteiger partial charge in [-0.25, -0.2) is 0 Å². The van der Waals surface area contributed by atoms with E-state index in [0.717, 1.165) is 0 Å². The second-order valence-corrected chi connectivity index (χ2v) is 4.18. The number of rotatable bonds is 4. The van der Waals surface area contributed by atoms with E-state index in [4.69, 9.17) is 0 Å². The molecule has 1 atom stereocenters. The van der Waals surface area contributed by atoms with E-state index in [0.29, 0.717) is 5.69 Å². The first-order chi connectivity index (χ1) is 7.82. The molecule has 0 aliphatic heterocycles. The van der Waals surface area contributed by atoms with Crippen LogP contribution >= 0.6 is 0 Å². The summed E-state index contributed by atoms with van der Waals surface area (Å²) in [5.74, 6) is -0.451. The van der Waals surface area contributed by atoms with Crippen LogP contribution in [0.3, 0.4) is 0 Å². The Labute approximate surface area is 99.0 Å². The number of nitrogens with zero attached hydrogens (tertiary/aromatic N) is 3. The zero-order valence-corrected chi connectivity index (χ0v) is 10.3. The molecule has 0 aliphatic carbocycles. The molecule has 0 spiro atoms. The van der Waals surface area contributed by atoms with Gasteiger partial charge in [0.15, 0.2) is 0 Å². The summed E-state index contributed by atoms with van der Waals surface area (Å²) >= 11 is 0. The highest BCUT2D eigenvalue weighted by Crippen LogP contribution is 2.16. The predicted octanol–water partition coefficient (Wildman–Crippen LogP) is 1.19. The standard InChI is InChI=1S/C10H16N4O3/c1-6(2)11-10(15)8(4)13-7(3)5-9(12-13)14(16)17/h5-6,8H,1-4H3,(H,11,15). The van der Waals surface area contributed by atoms with E-state index in [2.05, 4.69) is 10.4 Å². The zero-order valence-electron chi connectivity index (χ0n) is 10.3. The van der Waals surface area contributed by atoms with E-state index in [1.54, 1.807) is 13.8 Å². The van der Waals surface area contributed by atoms with Gasteiger partial charge in [0.1, 0.15) is 6.04 Å². The Morgan fingerprint density at radius 3 is 2.53 bits per heavy atom. The van der Waals surface area contributed by atoms with Gasteiger partial charge in [0.25, 0.3) is 0 Å². The van der Waals surface area contributed by atoms with Crippen molar-refractivity contribution in [2.75, 3.05) is 0 Å². The Morgan fingerprint density at radius 2 is 2.12 bits per heavy atom. The first-order valence-corrected chi connectivity index (χ1v) is 5.34. The van der Waals surface area contributed by atoms with Gasteiger partial charge in [0, 0.05) is 6.04 Å². The van der Waals surface area contributed by atoms with Gasteiger partial charge in [-0.1, -0.05) is 0 Å². The van der Waals surface area contributed by atoms with Gasteiger partial charge in [0.05, 0.1) is 16.9 Å². The number of amides is 1. The monoisotopic (exact) mass is 240 g/mol. The molecule has 1 amide bonds. The van der Waals surface area contributed by atoms with E-state index in [-0.39, 0.29) is 17.8 Å². The number of aromatic nitrogens is 2. The van der Waals surface area contributed by atoms with Crippen molar-refractivity contribution in [1.82, 2.24) is 15.1 Å². The quantitative estimate of drug-likeness (QED) is 0.632. The summed E-state index contributed by atoms with van der Waals surface area (Å²) in [7, 11) is 0. The summed E-state index contributed by atoms with van der Waals surface area (Å²) in [6.07, 6.45) is 0. The molecule has 0 radical (unpaired) electrons. The van der Waals surface area contributed by atoms with Gasteiger partial charge in [-0.05, 0) is 32.6 Å². The summed E-state index contributed by atoms with van der Waals surface area (Å²) in [4.78, 5) is 21.7. The second kappa shape index (κ2) is 4.94. The topological polar surface area (TPSA) is 90.1 Å². The Morgan fingerprint density at radius 1 is 1.53 bits per heavy atom. The maximum absolute atomic E-state index is 11.7. The molecule has 0 aliphatic rings. The van der Waals surface area contributed by atoms with Crippen molar-refractivity contribution in [1.29, 1.82) is 0 Å². The molecule has 1 aromatic heterocycles. The average Bonchev–Trinajstić information content (AvgIpc) is 2.58. The smallest absolute Gasteiger partial charge is 0.358 e. The third-order valence-corrected chi connectivity index (χ3v) is 2.27. The number of nitro groups is 1. The van der Waals surface area contributed by atoms with Crippen molar-refractivity contribution in [3.8, 4) is 0 Å². The van der Waals surface area contributed by atoms with Gasteiger partial charge in [-0.3, -0.25) is 4.79 Å². The fourth-order valence-corrected chi connectivity index (χ4v) is 1.47. The van der Waals surface area contributed by atoms with Gasteiger partial charge >= 0.3 is 5.82 Å². The summed E-state index contributed by atoms with van der Waals surface area (Å²) < 4.78 is 1.36. The molecule has 1 heterocycles. The minimum Gasteiger partial charge on any atom is -0.358 e. The van der Waals surface area contributed by atoms with Crippen LogP contribution in [0.2, 0.25) is 0 Å². The molecule has 0 fully saturated rings. The van der Waals surface area contributed by atoms with Crippen molar-refractivity contribution in [2.24, 2.45) is 0 Å². The molecule has 1 aromatic rings. The fourth-order valence-electron chi connectivity index (χ4n) is 1.47. The fraction of sp³-hybridized carbons (Fsp3) is 0.600. The third-order valence-electron chi connectivity index (χ3n) is 2.27. The Balaban J connectivity index is 2.92. The lowest BCUT2D eigenvalue weighted by Gasteiger charge is -2.13. The highest BCUT2D eigenvalue weighted by molar-refractivity contribution is 5.80. The maximum atomic E-state index is 11.7. The van der Waals surface area contributed by atoms with E-state index >= 15 is 0 Å². The van der Waals surface area contributed by atoms with Crippen LogP contribution in [0.5, 0.6) is 0 Å². The number of aryl methyl sites for hydroxylation is 1. The molecule has 0 saturated heterocycles. The summed E-state index contributed by atoms with van der Waals surface area (Å²) in [5, 5.41) is 17.1. The molecule has 1 rings (SSSR count). The van der Waals surface area contributed by atoms with E-state index in [9.17, 15) is 14.9 Å². The Kier molecular flexibility index (Phi) is 3.82. The van der Waals surface area contributed by atoms with Crippen molar-refractivity contribution < 1.29 is 9.72 Å². The van der Waals surface area contributed by atoms with E-state index in [1.165, 1.54) is 10.7 Å². The molecule has 0 saturated carbocycles. The van der Waals surface area contributed by atoms with Crippen molar-refractivity contribution in [3.05, 3.63) is 21.9 Å². The molecule has 17 heavy (non-hydrogen) atoms. The molecular formula is C10H16N4O3. The van der Waals surface area contributed by atoms with Crippen LogP contribution in [0.1, 0.15) is 32.5 Å². The summed E-state index contributed by atoms with van der Waals surface area (Å²) in [6, 6.07) is 0.806. The minimum absolute atomic E-state index is 0.0239. The van der Waals surface area contributed by atoms with Crippen molar-refractivity contribution in [2.45, 2.75) is 39.8 Å². The lowest BCUT2D eigenvalue weighted by molar-refractivity contribution is -0.389. The molecule has 7 heteroatoms. The van der Waals surface area contributed by atoms with Gasteiger partial charge in [0.2, 0.25) is 5.91 Å². The van der Waals surface area contributed by atoms with E-state index < -0.39 is 11.0 Å². The molecule has 7 nitrogen and oxygen atoms in total. The Hall–Kier alpha value is -1.92. The molecule has 0 aromatic carbocycles. The van der Waals surface area contributed by atoms with Crippen LogP contribution in [-0.2, 0) is 4.79 Å². The van der Waals surface area contributed by atoms with Crippen LogP contribution in [0, 0.1) is 17.0 Å². The van der Waals surface area contributed by atoms with Crippen LogP contribution < -0.4 is 5.32 Å². The molecular weight excluding hydrogens is 224 g/mol. The van der Waals surface area contributed by atoms with Crippen LogP contribution in [0.4, 0.5) is 5.82 Å². The normalized spacial score (nSPS) is 12.5. The predicted molar refractivity (Wildman–Crippen MR) is 61.6 cm³/mol. The maximum Gasteiger partial charge on any atom is 0.390 e. The highest BCUT2D eigenvalue weighted by atomic mass is 16.6. The average molecular weight is 240 g/mol. The zero-order chi connectivity index (χ0) is 13.2. The lowest BCUT2D eigenvalue weighted by atomic mass is 10.3. The van der Waals surface area contributed by atoms with Crippen molar-refractivity contribution >= 4 is 11.7 Å². The number of carbonyl (C=O) groups is 1. The molecule has 0 bridgehead atoms. The van der Waals surface area contributed by atoms with Crippen LogP contribution in [0.15, 0.2) is 6.07 Å². The van der Waals surface area contributed by atoms with Gasteiger partial charge in [-0.15, -0.1) is 0 Å². The lowest BCUT2D eigenvalue weighted by Crippen LogP contribution is -2.36. The first kappa shape index (κ1) is 13.1. The number of hydrogen-bond acceptors (Lipinski definition) is 4. The molecule has 94 valence electrons. The number of carbonyl (C=O) groups excluding carboxylic acids is 1. The molecule has 1 N–H and O–H groups in total. The first-order valence-electron chi connectivity index (χ1n) is 5.34. The van der Waals surface area contributed by atoms with Gasteiger partial charge in [-0.2, -0.15) is 4.68 Å². The van der Waals surface area contributed by atoms with Crippen LogP contribution in [-0.4, -0.2) is 26.7 Å². The summed E-state index contributed by atoms with van der Waals surface area (Å²) in [5.41, 5.74) is 0.586. The Bertz CT molecular complexity index is 439. The number of hydrogen-bond donors (Lipinski definition) is 1. The van der Waals surface area contributed by atoms with Crippen molar-refractivity contribution in [3.63, 3.8) is 0 Å².